The second-order valence-corrected chi connectivity index (χ2v) is 6.34. The van der Waals surface area contributed by atoms with E-state index in [1.54, 1.807) is 11.8 Å². The first-order valence-electron chi connectivity index (χ1n) is 8.20. The quantitative estimate of drug-likeness (QED) is 0.770. The summed E-state index contributed by atoms with van der Waals surface area (Å²) in [6.07, 6.45) is 1.93. The molecule has 132 valence electrons. The Labute approximate surface area is 147 Å². The first-order chi connectivity index (χ1) is 11.9. The number of hydrogen-bond donors (Lipinski definition) is 1. The maximum atomic E-state index is 5.59. The molecule has 7 heteroatoms. The van der Waals surface area contributed by atoms with Gasteiger partial charge in [-0.05, 0) is 51.7 Å². The van der Waals surface area contributed by atoms with Crippen LogP contribution in [0.1, 0.15) is 24.2 Å². The van der Waals surface area contributed by atoms with Gasteiger partial charge in [-0.2, -0.15) is 0 Å². The summed E-state index contributed by atoms with van der Waals surface area (Å²) in [5.74, 6) is 1.57. The van der Waals surface area contributed by atoms with Crippen LogP contribution in [0.2, 0.25) is 0 Å². The lowest BCUT2D eigenvalue weighted by atomic mass is 10.1. The Morgan fingerprint density at radius 3 is 2.64 bits per heavy atom. The summed E-state index contributed by atoms with van der Waals surface area (Å²) < 4.78 is 7.34. The van der Waals surface area contributed by atoms with E-state index in [1.807, 2.05) is 45.5 Å². The molecule has 1 N–H and O–H groups in total. The highest BCUT2D eigenvalue weighted by Crippen LogP contribution is 2.31. The number of anilines is 1. The predicted molar refractivity (Wildman–Crippen MR) is 99.6 cm³/mol. The van der Waals surface area contributed by atoms with E-state index in [4.69, 9.17) is 4.74 Å². The fourth-order valence-electron chi connectivity index (χ4n) is 2.73. The van der Waals surface area contributed by atoms with E-state index in [1.165, 1.54) is 0 Å². The molecule has 1 unspecified atom stereocenters. The number of rotatable bonds is 5. The largest absolute Gasteiger partial charge is 0.494 e. The Hall–Kier alpha value is -2.67. The lowest BCUT2D eigenvalue weighted by Crippen LogP contribution is -2.17. The molecule has 2 heterocycles. The number of aryl methyl sites for hydroxylation is 1. The highest BCUT2D eigenvalue weighted by Gasteiger charge is 2.16. The predicted octanol–water partition coefficient (Wildman–Crippen LogP) is 2.80. The lowest BCUT2D eigenvalue weighted by Gasteiger charge is -2.16. The molecule has 3 aromatic rings. The SMILES string of the molecule is CNc1cc(C)c2cc(OC)c(-n3cc(C(C)N(C)C)nn3)cc2n1. The van der Waals surface area contributed by atoms with Crippen molar-refractivity contribution in [3.05, 3.63) is 35.7 Å². The molecule has 0 radical (unpaired) electrons. The van der Waals surface area contributed by atoms with Crippen molar-refractivity contribution in [1.29, 1.82) is 0 Å². The van der Waals surface area contributed by atoms with Gasteiger partial charge in [-0.3, -0.25) is 0 Å². The summed E-state index contributed by atoms with van der Waals surface area (Å²) in [6.45, 7) is 4.16. The van der Waals surface area contributed by atoms with Crippen LogP contribution in [0.4, 0.5) is 5.82 Å². The van der Waals surface area contributed by atoms with Crippen LogP contribution in [0.3, 0.4) is 0 Å². The molecule has 25 heavy (non-hydrogen) atoms. The number of benzene rings is 1. The van der Waals surface area contributed by atoms with Gasteiger partial charge in [-0.15, -0.1) is 5.10 Å². The molecule has 0 amide bonds. The van der Waals surface area contributed by atoms with Crippen LogP contribution in [0.5, 0.6) is 5.75 Å². The molecule has 0 bridgehead atoms. The van der Waals surface area contributed by atoms with Gasteiger partial charge in [0.2, 0.25) is 0 Å². The van der Waals surface area contributed by atoms with Gasteiger partial charge < -0.3 is 15.0 Å². The first kappa shape index (κ1) is 17.2. The molecule has 0 saturated carbocycles. The maximum absolute atomic E-state index is 5.59. The summed E-state index contributed by atoms with van der Waals surface area (Å²) in [5, 5.41) is 12.7. The summed E-state index contributed by atoms with van der Waals surface area (Å²) in [4.78, 5) is 6.74. The number of nitrogens with one attached hydrogen (secondary N) is 1. The maximum Gasteiger partial charge on any atom is 0.145 e. The van der Waals surface area contributed by atoms with Crippen LogP contribution < -0.4 is 10.1 Å². The number of nitrogens with zero attached hydrogens (tertiary/aromatic N) is 5. The molecule has 1 aromatic carbocycles. The Morgan fingerprint density at radius 2 is 2.00 bits per heavy atom. The van der Waals surface area contributed by atoms with Gasteiger partial charge in [0, 0.05) is 12.4 Å². The molecule has 0 saturated heterocycles. The third-order valence-corrected chi connectivity index (χ3v) is 4.53. The zero-order chi connectivity index (χ0) is 18.1. The van der Waals surface area contributed by atoms with Crippen LogP contribution in [-0.2, 0) is 0 Å². The average Bonchev–Trinajstić information content (AvgIpc) is 3.09. The van der Waals surface area contributed by atoms with Crippen LogP contribution in [0.15, 0.2) is 24.4 Å². The molecular weight excluding hydrogens is 316 g/mol. The van der Waals surface area contributed by atoms with Gasteiger partial charge in [0.05, 0.1) is 30.6 Å². The van der Waals surface area contributed by atoms with Crippen molar-refractivity contribution >= 4 is 16.7 Å². The van der Waals surface area contributed by atoms with E-state index < -0.39 is 0 Å². The average molecular weight is 340 g/mol. The fraction of sp³-hybridized carbons (Fsp3) is 0.389. The zero-order valence-corrected chi connectivity index (χ0v) is 15.5. The minimum absolute atomic E-state index is 0.177. The van der Waals surface area contributed by atoms with Gasteiger partial charge >= 0.3 is 0 Å². The van der Waals surface area contributed by atoms with Crippen molar-refractivity contribution < 1.29 is 4.74 Å². The van der Waals surface area contributed by atoms with Crippen LogP contribution >= 0.6 is 0 Å². The van der Waals surface area contributed by atoms with Gasteiger partial charge in [0.1, 0.15) is 17.3 Å². The minimum atomic E-state index is 0.177. The molecule has 0 spiro atoms. The highest BCUT2D eigenvalue weighted by atomic mass is 16.5. The van der Waals surface area contributed by atoms with Crippen molar-refractivity contribution in [3.63, 3.8) is 0 Å². The van der Waals surface area contributed by atoms with Crippen molar-refractivity contribution in [1.82, 2.24) is 24.9 Å². The zero-order valence-electron chi connectivity index (χ0n) is 15.5. The Bertz CT molecular complexity index is 902. The third-order valence-electron chi connectivity index (χ3n) is 4.53. The monoisotopic (exact) mass is 340 g/mol. The van der Waals surface area contributed by atoms with Crippen molar-refractivity contribution in [2.45, 2.75) is 19.9 Å². The third kappa shape index (κ3) is 3.15. The highest BCUT2D eigenvalue weighted by molar-refractivity contribution is 5.87. The van der Waals surface area contributed by atoms with Gasteiger partial charge in [-0.25, -0.2) is 9.67 Å². The number of hydrogen-bond acceptors (Lipinski definition) is 6. The minimum Gasteiger partial charge on any atom is -0.494 e. The first-order valence-corrected chi connectivity index (χ1v) is 8.20. The van der Waals surface area contributed by atoms with Crippen molar-refractivity contribution in [2.75, 3.05) is 33.6 Å². The molecule has 0 aliphatic carbocycles. The molecule has 0 aliphatic heterocycles. The molecule has 0 aliphatic rings. The molecule has 2 aromatic heterocycles. The van der Waals surface area contributed by atoms with Gasteiger partial charge in [-0.1, -0.05) is 5.21 Å². The standard InChI is InChI=1S/C18H24N6O/c1-11-7-18(19-3)20-14-9-16(17(25-6)8-13(11)14)24-10-15(21-22-24)12(2)23(4)5/h7-10,12H,1-6H3,(H,19,20). The van der Waals surface area contributed by atoms with Crippen molar-refractivity contribution in [2.24, 2.45) is 0 Å². The number of fused-ring (bicyclic) bond motifs is 1. The normalized spacial score (nSPS) is 12.6. The number of pyridine rings is 1. The molecule has 3 rings (SSSR count). The Balaban J connectivity index is 2.15. The van der Waals surface area contributed by atoms with E-state index in [0.717, 1.165) is 39.4 Å². The summed E-state index contributed by atoms with van der Waals surface area (Å²) in [5.41, 5.74) is 3.75. The fourth-order valence-corrected chi connectivity index (χ4v) is 2.73. The molecular formula is C18H24N6O. The topological polar surface area (TPSA) is 68.1 Å². The molecule has 0 fully saturated rings. The van der Waals surface area contributed by atoms with Gasteiger partial charge in [0.15, 0.2) is 0 Å². The van der Waals surface area contributed by atoms with Crippen LogP contribution in [0.25, 0.3) is 16.6 Å². The number of methoxy groups -OCH3 is 1. The van der Waals surface area contributed by atoms with Crippen LogP contribution in [-0.4, -0.2) is 53.1 Å². The van der Waals surface area contributed by atoms with E-state index in [0.29, 0.717) is 0 Å². The number of ether oxygens (including phenoxy) is 1. The Morgan fingerprint density at radius 1 is 1.24 bits per heavy atom. The van der Waals surface area contributed by atoms with E-state index in [2.05, 4.69) is 39.4 Å². The molecule has 1 atom stereocenters. The summed E-state index contributed by atoms with van der Waals surface area (Å²) in [6, 6.07) is 6.19. The van der Waals surface area contributed by atoms with E-state index in [9.17, 15) is 0 Å². The smallest absolute Gasteiger partial charge is 0.145 e. The second kappa shape index (κ2) is 6.68. The molecule has 7 nitrogen and oxygen atoms in total. The second-order valence-electron chi connectivity index (χ2n) is 6.34. The summed E-state index contributed by atoms with van der Waals surface area (Å²) in [7, 11) is 7.57. The van der Waals surface area contributed by atoms with E-state index >= 15 is 0 Å². The van der Waals surface area contributed by atoms with Crippen molar-refractivity contribution in [3.8, 4) is 11.4 Å². The Kier molecular flexibility index (Phi) is 4.59. The number of aromatic nitrogens is 4. The van der Waals surface area contributed by atoms with Gasteiger partial charge in [0.25, 0.3) is 0 Å². The van der Waals surface area contributed by atoms with Crippen LogP contribution in [0, 0.1) is 6.92 Å². The lowest BCUT2D eigenvalue weighted by molar-refractivity contribution is 0.315. The van der Waals surface area contributed by atoms with E-state index in [-0.39, 0.29) is 6.04 Å². The summed E-state index contributed by atoms with van der Waals surface area (Å²) >= 11 is 0.